The van der Waals surface area contributed by atoms with Crippen molar-refractivity contribution in [3.63, 3.8) is 0 Å². The third-order valence-electron chi connectivity index (χ3n) is 7.07. The van der Waals surface area contributed by atoms with Crippen LogP contribution in [0, 0.1) is 6.92 Å². The highest BCUT2D eigenvalue weighted by Crippen LogP contribution is 2.40. The Morgan fingerprint density at radius 1 is 1.06 bits per heavy atom. The molecule has 0 radical (unpaired) electrons. The molecule has 1 atom stereocenters. The van der Waals surface area contributed by atoms with Crippen LogP contribution in [0.5, 0.6) is 11.6 Å². The molecule has 5 rings (SSSR count). The van der Waals surface area contributed by atoms with Crippen LogP contribution < -0.4 is 4.74 Å². The maximum atomic E-state index is 14.1. The van der Waals surface area contributed by atoms with Gasteiger partial charge < -0.3 is 14.4 Å². The molecule has 0 N–H and O–H groups in total. The maximum Gasteiger partial charge on any atom is 0.241 e. The second kappa shape index (κ2) is 9.94. The molecule has 0 aliphatic carbocycles. The molecule has 3 heterocycles. The number of hydrogen-bond acceptors (Lipinski definition) is 5. The number of para-hydroxylation sites is 1. The zero-order chi connectivity index (χ0) is 23.4. The van der Waals surface area contributed by atoms with E-state index in [9.17, 15) is 4.79 Å². The number of likely N-dealkylation sites (tertiary alicyclic amines) is 1. The number of carbonyl (C=O) groups excluding carboxylic acids is 1. The van der Waals surface area contributed by atoms with E-state index < -0.39 is 5.41 Å². The molecular formula is C28H31N3O3. The van der Waals surface area contributed by atoms with E-state index in [1.165, 1.54) is 5.56 Å². The van der Waals surface area contributed by atoms with Gasteiger partial charge in [0.05, 0.1) is 5.41 Å². The van der Waals surface area contributed by atoms with E-state index in [1.807, 2.05) is 35.2 Å². The van der Waals surface area contributed by atoms with Crippen molar-refractivity contribution in [2.75, 3.05) is 26.3 Å². The molecule has 0 saturated carbocycles. The summed E-state index contributed by atoms with van der Waals surface area (Å²) in [6, 6.07) is 18.1. The van der Waals surface area contributed by atoms with Crippen LogP contribution in [-0.4, -0.2) is 47.1 Å². The standard InChI is InChI=1S/C28H31N3O3/c1-21-7-5-9-23(19-21)28(12-17-33-18-13-28)27(32)31-16-6-8-22(20-31)25-26(30-15-14-29-25)34-24-10-3-2-4-11-24/h2-5,7,9-11,14-15,19,22H,6,8,12-13,16-18,20H2,1H3/t22-/m1/s1. The Balaban J connectivity index is 1.41. The molecule has 0 bridgehead atoms. The predicted molar refractivity (Wildman–Crippen MR) is 130 cm³/mol. The van der Waals surface area contributed by atoms with Gasteiger partial charge >= 0.3 is 0 Å². The fraction of sp³-hybridized carbons (Fsp3) is 0.393. The fourth-order valence-corrected chi connectivity index (χ4v) is 5.27. The molecule has 2 aliphatic heterocycles. The Hall–Kier alpha value is -3.25. The Kier molecular flexibility index (Phi) is 6.59. The number of piperidine rings is 1. The fourth-order valence-electron chi connectivity index (χ4n) is 5.27. The van der Waals surface area contributed by atoms with Crippen molar-refractivity contribution < 1.29 is 14.3 Å². The largest absolute Gasteiger partial charge is 0.437 e. The number of aryl methyl sites for hydroxylation is 1. The van der Waals surface area contributed by atoms with Gasteiger partial charge in [-0.2, -0.15) is 0 Å². The Morgan fingerprint density at radius 2 is 1.85 bits per heavy atom. The van der Waals surface area contributed by atoms with Crippen LogP contribution in [0.25, 0.3) is 0 Å². The number of amides is 1. The molecule has 0 spiro atoms. The predicted octanol–water partition coefficient (Wildman–Crippen LogP) is 5.03. The highest BCUT2D eigenvalue weighted by molar-refractivity contribution is 5.88. The van der Waals surface area contributed by atoms with E-state index in [0.717, 1.165) is 36.4 Å². The molecule has 6 nitrogen and oxygen atoms in total. The summed E-state index contributed by atoms with van der Waals surface area (Å²) in [4.78, 5) is 25.3. The number of benzene rings is 2. The zero-order valence-electron chi connectivity index (χ0n) is 19.7. The lowest BCUT2D eigenvalue weighted by Gasteiger charge is -2.43. The summed E-state index contributed by atoms with van der Waals surface area (Å²) < 4.78 is 11.8. The van der Waals surface area contributed by atoms with Crippen molar-refractivity contribution in [3.8, 4) is 11.6 Å². The Morgan fingerprint density at radius 3 is 2.65 bits per heavy atom. The molecule has 34 heavy (non-hydrogen) atoms. The number of aromatic nitrogens is 2. The lowest BCUT2D eigenvalue weighted by molar-refractivity contribution is -0.142. The molecule has 1 amide bonds. The van der Waals surface area contributed by atoms with Gasteiger partial charge in [-0.25, -0.2) is 4.98 Å². The third kappa shape index (κ3) is 4.55. The minimum Gasteiger partial charge on any atom is -0.437 e. The van der Waals surface area contributed by atoms with Crippen LogP contribution in [0.2, 0.25) is 0 Å². The average molecular weight is 458 g/mol. The minimum absolute atomic E-state index is 0.0829. The number of rotatable bonds is 5. The summed E-state index contributed by atoms with van der Waals surface area (Å²) in [5, 5.41) is 0. The van der Waals surface area contributed by atoms with Crippen molar-refractivity contribution in [1.29, 1.82) is 0 Å². The Bertz CT molecular complexity index is 1130. The van der Waals surface area contributed by atoms with Crippen molar-refractivity contribution >= 4 is 5.91 Å². The smallest absolute Gasteiger partial charge is 0.241 e. The van der Waals surface area contributed by atoms with E-state index >= 15 is 0 Å². The molecule has 0 unspecified atom stereocenters. The maximum absolute atomic E-state index is 14.1. The second-order valence-electron chi connectivity index (χ2n) is 9.32. The van der Waals surface area contributed by atoms with Gasteiger partial charge in [-0.15, -0.1) is 0 Å². The molecule has 3 aromatic rings. The van der Waals surface area contributed by atoms with Crippen molar-refractivity contribution in [2.45, 2.75) is 43.9 Å². The SMILES string of the molecule is Cc1cccc(C2(C(=O)N3CCC[C@@H](c4nccnc4Oc4ccccc4)C3)CCOCC2)c1. The van der Waals surface area contributed by atoms with E-state index in [2.05, 4.69) is 41.2 Å². The monoisotopic (exact) mass is 457 g/mol. The van der Waals surface area contributed by atoms with Gasteiger partial charge in [0.15, 0.2) is 0 Å². The van der Waals surface area contributed by atoms with Crippen LogP contribution in [0.15, 0.2) is 67.0 Å². The molecule has 176 valence electrons. The van der Waals surface area contributed by atoms with Crippen LogP contribution in [0.1, 0.15) is 48.4 Å². The zero-order valence-corrected chi connectivity index (χ0v) is 19.7. The molecule has 2 fully saturated rings. The number of hydrogen-bond donors (Lipinski definition) is 0. The first-order valence-electron chi connectivity index (χ1n) is 12.1. The number of ether oxygens (including phenoxy) is 2. The average Bonchev–Trinajstić information content (AvgIpc) is 2.90. The summed E-state index contributed by atoms with van der Waals surface area (Å²) in [7, 11) is 0. The van der Waals surface area contributed by atoms with Gasteiger partial charge in [-0.05, 0) is 50.3 Å². The molecule has 6 heteroatoms. The van der Waals surface area contributed by atoms with Gasteiger partial charge in [0.25, 0.3) is 0 Å². The highest BCUT2D eigenvalue weighted by atomic mass is 16.5. The molecule has 1 aromatic heterocycles. The van der Waals surface area contributed by atoms with Gasteiger partial charge in [0.2, 0.25) is 11.8 Å². The van der Waals surface area contributed by atoms with Crippen molar-refractivity contribution in [3.05, 3.63) is 83.8 Å². The highest BCUT2D eigenvalue weighted by Gasteiger charge is 2.45. The normalized spacial score (nSPS) is 20.0. The minimum atomic E-state index is -0.530. The van der Waals surface area contributed by atoms with Gasteiger partial charge in [-0.3, -0.25) is 9.78 Å². The topological polar surface area (TPSA) is 64.6 Å². The Labute approximate surface area is 201 Å². The van der Waals surface area contributed by atoms with Crippen molar-refractivity contribution in [1.82, 2.24) is 14.9 Å². The first kappa shape index (κ1) is 22.5. The summed E-state index contributed by atoms with van der Waals surface area (Å²) in [5.41, 5.74) is 2.57. The number of carbonyl (C=O) groups is 1. The lowest BCUT2D eigenvalue weighted by Crippen LogP contribution is -2.52. The summed E-state index contributed by atoms with van der Waals surface area (Å²) in [5.74, 6) is 1.54. The van der Waals surface area contributed by atoms with Gasteiger partial charge in [0, 0.05) is 44.6 Å². The molecule has 2 aromatic carbocycles. The van der Waals surface area contributed by atoms with Crippen LogP contribution in [-0.2, 0) is 14.9 Å². The second-order valence-corrected chi connectivity index (χ2v) is 9.32. The van der Waals surface area contributed by atoms with E-state index in [-0.39, 0.29) is 11.8 Å². The first-order valence-corrected chi connectivity index (χ1v) is 12.1. The third-order valence-corrected chi connectivity index (χ3v) is 7.07. The summed E-state index contributed by atoms with van der Waals surface area (Å²) in [6.45, 7) is 4.68. The first-order chi connectivity index (χ1) is 16.7. The van der Waals surface area contributed by atoms with E-state index in [4.69, 9.17) is 9.47 Å². The summed E-state index contributed by atoms with van der Waals surface area (Å²) in [6.07, 6.45) is 6.67. The lowest BCUT2D eigenvalue weighted by atomic mass is 9.72. The van der Waals surface area contributed by atoms with Crippen LogP contribution in [0.4, 0.5) is 0 Å². The molecule has 2 saturated heterocycles. The van der Waals surface area contributed by atoms with Crippen LogP contribution >= 0.6 is 0 Å². The van der Waals surface area contributed by atoms with Crippen molar-refractivity contribution in [2.24, 2.45) is 0 Å². The number of nitrogens with zero attached hydrogens (tertiary/aromatic N) is 3. The van der Waals surface area contributed by atoms with Gasteiger partial charge in [-0.1, -0.05) is 48.0 Å². The van der Waals surface area contributed by atoms with E-state index in [1.54, 1.807) is 12.4 Å². The van der Waals surface area contributed by atoms with Crippen LogP contribution in [0.3, 0.4) is 0 Å². The van der Waals surface area contributed by atoms with E-state index in [0.29, 0.717) is 38.5 Å². The molecule has 2 aliphatic rings. The summed E-state index contributed by atoms with van der Waals surface area (Å²) >= 11 is 0. The molecular weight excluding hydrogens is 426 g/mol. The van der Waals surface area contributed by atoms with Gasteiger partial charge in [0.1, 0.15) is 11.4 Å². The quantitative estimate of drug-likeness (QED) is 0.538.